The van der Waals surface area contributed by atoms with Gasteiger partial charge in [-0.3, -0.25) is 14.5 Å². The topological polar surface area (TPSA) is 79.3 Å². The van der Waals surface area contributed by atoms with Gasteiger partial charge >= 0.3 is 0 Å². The summed E-state index contributed by atoms with van der Waals surface area (Å²) in [6, 6.07) is 14.2. The fourth-order valence-corrected chi connectivity index (χ4v) is 4.71. The highest BCUT2D eigenvalue weighted by Crippen LogP contribution is 2.39. The van der Waals surface area contributed by atoms with Gasteiger partial charge in [0.25, 0.3) is 11.7 Å². The molecule has 1 amide bonds. The third kappa shape index (κ3) is 5.57. The smallest absolute Gasteiger partial charge is 0.295 e. The van der Waals surface area contributed by atoms with Crippen molar-refractivity contribution in [2.24, 2.45) is 0 Å². The van der Waals surface area contributed by atoms with Crippen molar-refractivity contribution in [1.82, 2.24) is 9.80 Å². The number of hydrogen-bond acceptors (Lipinski definition) is 6. The van der Waals surface area contributed by atoms with Gasteiger partial charge in [-0.15, -0.1) is 0 Å². The summed E-state index contributed by atoms with van der Waals surface area (Å²) < 4.78 is 11.2. The summed E-state index contributed by atoms with van der Waals surface area (Å²) in [5.41, 5.74) is 2.30. The van der Waals surface area contributed by atoms with E-state index in [1.807, 2.05) is 44.2 Å². The predicted molar refractivity (Wildman–Crippen MR) is 134 cm³/mol. The highest BCUT2D eigenvalue weighted by Gasteiger charge is 2.45. The zero-order chi connectivity index (χ0) is 24.8. The zero-order valence-electron chi connectivity index (χ0n) is 20.5. The predicted octanol–water partition coefficient (Wildman–Crippen LogP) is 3.93. The van der Waals surface area contributed by atoms with E-state index in [4.69, 9.17) is 9.47 Å². The number of Topliss-reactive ketones (excluding diaryl/α,β-unsaturated/α-hetero) is 1. The van der Waals surface area contributed by atoms with Crippen LogP contribution in [0.2, 0.25) is 0 Å². The highest BCUT2D eigenvalue weighted by molar-refractivity contribution is 6.46. The number of ketones is 1. The number of carbonyl (C=O) groups excluding carboxylic acids is 2. The van der Waals surface area contributed by atoms with Crippen LogP contribution >= 0.6 is 0 Å². The van der Waals surface area contributed by atoms with Gasteiger partial charge < -0.3 is 19.5 Å². The van der Waals surface area contributed by atoms with E-state index >= 15 is 0 Å². The van der Waals surface area contributed by atoms with Crippen molar-refractivity contribution in [3.05, 3.63) is 70.8 Å². The Kier molecular flexibility index (Phi) is 8.21. The van der Waals surface area contributed by atoms with Crippen LogP contribution in [0.3, 0.4) is 0 Å². The SMILES string of the molecule is CCCOc1ccc(C(O)=C2C(=O)C(=O)N(CCCN3CCOCC3)[C@H]2c2ccccc2)cc1C. The fourth-order valence-electron chi connectivity index (χ4n) is 4.71. The maximum atomic E-state index is 13.2. The van der Waals surface area contributed by atoms with E-state index in [0.29, 0.717) is 18.7 Å². The van der Waals surface area contributed by atoms with E-state index in [9.17, 15) is 14.7 Å². The Morgan fingerprint density at radius 1 is 1.09 bits per heavy atom. The average molecular weight is 479 g/mol. The van der Waals surface area contributed by atoms with Crippen LogP contribution in [0.1, 0.15) is 42.5 Å². The minimum atomic E-state index is -0.647. The molecule has 2 fully saturated rings. The van der Waals surface area contributed by atoms with E-state index in [2.05, 4.69) is 4.90 Å². The fraction of sp³-hybridized carbons (Fsp3) is 0.429. The maximum Gasteiger partial charge on any atom is 0.295 e. The van der Waals surface area contributed by atoms with Gasteiger partial charge in [-0.05, 0) is 49.1 Å². The molecule has 7 heteroatoms. The molecule has 2 aliphatic rings. The zero-order valence-corrected chi connectivity index (χ0v) is 20.5. The Hall–Kier alpha value is -3.16. The van der Waals surface area contributed by atoms with Gasteiger partial charge in [0.2, 0.25) is 0 Å². The van der Waals surface area contributed by atoms with Crippen LogP contribution in [0.25, 0.3) is 5.76 Å². The monoisotopic (exact) mass is 478 g/mol. The number of aliphatic hydroxyl groups is 1. The molecule has 0 aliphatic carbocycles. The Morgan fingerprint density at radius 2 is 1.83 bits per heavy atom. The molecule has 0 aromatic heterocycles. The van der Waals surface area contributed by atoms with E-state index < -0.39 is 17.7 Å². The Balaban J connectivity index is 1.64. The van der Waals surface area contributed by atoms with Crippen LogP contribution in [-0.4, -0.2) is 72.6 Å². The number of aryl methyl sites for hydroxylation is 1. The number of morpholine rings is 1. The molecule has 186 valence electrons. The van der Waals surface area contributed by atoms with Crippen molar-refractivity contribution in [1.29, 1.82) is 0 Å². The first-order valence-electron chi connectivity index (χ1n) is 12.4. The summed E-state index contributed by atoms with van der Waals surface area (Å²) >= 11 is 0. The third-order valence-corrected chi connectivity index (χ3v) is 6.54. The van der Waals surface area contributed by atoms with Crippen LogP contribution in [-0.2, 0) is 14.3 Å². The van der Waals surface area contributed by atoms with Gasteiger partial charge in [0.15, 0.2) is 0 Å². The van der Waals surface area contributed by atoms with Crippen LogP contribution in [0.5, 0.6) is 5.75 Å². The number of carbonyl (C=O) groups is 2. The van der Waals surface area contributed by atoms with Crippen LogP contribution in [0.4, 0.5) is 0 Å². The molecular formula is C28H34N2O5. The van der Waals surface area contributed by atoms with Crippen LogP contribution < -0.4 is 4.74 Å². The molecule has 0 radical (unpaired) electrons. The summed E-state index contributed by atoms with van der Waals surface area (Å²) in [6.45, 7) is 8.99. The lowest BCUT2D eigenvalue weighted by Crippen LogP contribution is -2.38. The minimum absolute atomic E-state index is 0.134. The van der Waals surface area contributed by atoms with Gasteiger partial charge in [-0.1, -0.05) is 37.3 Å². The average Bonchev–Trinajstić information content (AvgIpc) is 3.13. The number of amides is 1. The molecular weight excluding hydrogens is 444 g/mol. The van der Waals surface area contributed by atoms with E-state index in [0.717, 1.165) is 62.6 Å². The second-order valence-electron chi connectivity index (χ2n) is 9.04. The molecule has 2 aliphatic heterocycles. The number of benzene rings is 2. The van der Waals surface area contributed by atoms with Gasteiger partial charge in [0, 0.05) is 31.7 Å². The molecule has 2 aromatic rings. The number of hydrogen-bond donors (Lipinski definition) is 1. The molecule has 7 nitrogen and oxygen atoms in total. The minimum Gasteiger partial charge on any atom is -0.507 e. The van der Waals surface area contributed by atoms with Crippen molar-refractivity contribution in [3.63, 3.8) is 0 Å². The molecule has 0 saturated carbocycles. The lowest BCUT2D eigenvalue weighted by Gasteiger charge is -2.29. The second-order valence-corrected chi connectivity index (χ2v) is 9.04. The van der Waals surface area contributed by atoms with Crippen LogP contribution in [0.15, 0.2) is 54.1 Å². The third-order valence-electron chi connectivity index (χ3n) is 6.54. The lowest BCUT2D eigenvalue weighted by molar-refractivity contribution is -0.140. The normalized spacial score (nSPS) is 20.4. The molecule has 2 saturated heterocycles. The molecule has 35 heavy (non-hydrogen) atoms. The Morgan fingerprint density at radius 3 is 2.51 bits per heavy atom. The molecule has 0 bridgehead atoms. The van der Waals surface area contributed by atoms with Gasteiger partial charge in [0.05, 0.1) is 31.4 Å². The summed E-state index contributed by atoms with van der Waals surface area (Å²) in [5, 5.41) is 11.3. The first-order valence-corrected chi connectivity index (χ1v) is 12.4. The number of ether oxygens (including phenoxy) is 2. The van der Waals surface area contributed by atoms with E-state index in [1.165, 1.54) is 0 Å². The quantitative estimate of drug-likeness (QED) is 0.334. The Labute approximate surface area is 206 Å². The first-order chi connectivity index (χ1) is 17.0. The number of likely N-dealkylation sites (tertiary alicyclic amines) is 1. The van der Waals surface area contributed by atoms with Crippen LogP contribution in [0, 0.1) is 6.92 Å². The van der Waals surface area contributed by atoms with Crippen molar-refractivity contribution in [3.8, 4) is 5.75 Å². The van der Waals surface area contributed by atoms with Gasteiger partial charge in [0.1, 0.15) is 11.5 Å². The lowest BCUT2D eigenvalue weighted by atomic mass is 9.95. The number of rotatable bonds is 9. The van der Waals surface area contributed by atoms with Crippen molar-refractivity contribution in [2.45, 2.75) is 32.7 Å². The second kappa shape index (κ2) is 11.5. The number of aliphatic hydroxyl groups excluding tert-OH is 1. The van der Waals surface area contributed by atoms with Gasteiger partial charge in [-0.25, -0.2) is 0 Å². The summed E-state index contributed by atoms with van der Waals surface area (Å²) in [4.78, 5) is 30.3. The molecule has 1 atom stereocenters. The Bertz CT molecular complexity index is 1080. The summed E-state index contributed by atoms with van der Waals surface area (Å²) in [6.07, 6.45) is 1.63. The molecule has 0 spiro atoms. The van der Waals surface area contributed by atoms with E-state index in [-0.39, 0.29) is 11.3 Å². The molecule has 2 heterocycles. The first kappa shape index (κ1) is 24.9. The van der Waals surface area contributed by atoms with Crippen molar-refractivity contribution >= 4 is 17.4 Å². The molecule has 2 aromatic carbocycles. The largest absolute Gasteiger partial charge is 0.507 e. The van der Waals surface area contributed by atoms with Crippen molar-refractivity contribution in [2.75, 3.05) is 46.0 Å². The highest BCUT2D eigenvalue weighted by atomic mass is 16.5. The molecule has 4 rings (SSSR count). The number of nitrogens with zero attached hydrogens (tertiary/aromatic N) is 2. The van der Waals surface area contributed by atoms with E-state index in [1.54, 1.807) is 23.1 Å². The standard InChI is InChI=1S/C28H34N2O5/c1-3-16-35-23-11-10-22(19-20(23)2)26(31)24-25(21-8-5-4-6-9-21)30(28(33)27(24)32)13-7-12-29-14-17-34-18-15-29/h4-6,8-11,19,25,31H,3,7,12-18H2,1-2H3/t25-/m0/s1. The van der Waals surface area contributed by atoms with Crippen molar-refractivity contribution < 1.29 is 24.2 Å². The molecule has 1 N–H and O–H groups in total. The summed E-state index contributed by atoms with van der Waals surface area (Å²) in [7, 11) is 0. The van der Waals surface area contributed by atoms with Gasteiger partial charge in [-0.2, -0.15) is 0 Å². The molecule has 0 unspecified atom stereocenters. The summed E-state index contributed by atoms with van der Waals surface area (Å²) in [5.74, 6) is -0.627. The maximum absolute atomic E-state index is 13.2.